The maximum Gasteiger partial charge on any atom is 0.311 e. The summed E-state index contributed by atoms with van der Waals surface area (Å²) < 4.78 is 0. The molecule has 2 rings (SSSR count). The van der Waals surface area contributed by atoms with Gasteiger partial charge in [0.1, 0.15) is 0 Å². The summed E-state index contributed by atoms with van der Waals surface area (Å²) in [5, 5.41) is 12.0. The highest BCUT2D eigenvalue weighted by molar-refractivity contribution is 5.94. The molecule has 1 aliphatic rings. The van der Waals surface area contributed by atoms with Gasteiger partial charge in [-0.2, -0.15) is 0 Å². The molecule has 0 radical (unpaired) electrons. The van der Waals surface area contributed by atoms with Crippen LogP contribution in [0.2, 0.25) is 0 Å². The number of aryl methyl sites for hydroxylation is 1. The minimum atomic E-state index is -0.802. The number of hydrogen-bond donors (Lipinski definition) is 2. The standard InChI is InChI=1S/C17H23NO3/c1-2-3-5-13-6-8-14(9-7-13)15(19)18-12-17(16(20)21)10-4-11-17/h6-9H,2-5,10-12H2,1H3,(H,18,19)(H,20,21). The van der Waals surface area contributed by atoms with Gasteiger partial charge in [0.05, 0.1) is 5.41 Å². The number of unbranched alkanes of at least 4 members (excludes halogenated alkanes) is 1. The Kier molecular flexibility index (Phi) is 4.99. The molecule has 4 nitrogen and oxygen atoms in total. The van der Waals surface area contributed by atoms with Crippen molar-refractivity contribution >= 4 is 11.9 Å². The van der Waals surface area contributed by atoms with E-state index < -0.39 is 11.4 Å². The summed E-state index contributed by atoms with van der Waals surface area (Å²) >= 11 is 0. The Bertz CT molecular complexity index is 503. The summed E-state index contributed by atoms with van der Waals surface area (Å²) in [5.41, 5.74) is 1.08. The van der Waals surface area contributed by atoms with E-state index in [0.717, 1.165) is 25.7 Å². The molecule has 0 aliphatic heterocycles. The van der Waals surface area contributed by atoms with E-state index in [2.05, 4.69) is 12.2 Å². The third-order valence-corrected chi connectivity index (χ3v) is 4.39. The first-order valence-corrected chi connectivity index (χ1v) is 7.68. The van der Waals surface area contributed by atoms with Gasteiger partial charge in [-0.15, -0.1) is 0 Å². The van der Waals surface area contributed by atoms with Crippen LogP contribution in [-0.4, -0.2) is 23.5 Å². The SMILES string of the molecule is CCCCc1ccc(C(=O)NCC2(C(=O)O)CCC2)cc1. The van der Waals surface area contributed by atoms with Crippen molar-refractivity contribution in [1.29, 1.82) is 0 Å². The maximum atomic E-state index is 12.1. The van der Waals surface area contributed by atoms with Gasteiger partial charge in [-0.25, -0.2) is 0 Å². The van der Waals surface area contributed by atoms with Crippen LogP contribution in [0, 0.1) is 5.41 Å². The molecular weight excluding hydrogens is 266 g/mol. The fourth-order valence-electron chi connectivity index (χ4n) is 2.63. The van der Waals surface area contributed by atoms with E-state index in [-0.39, 0.29) is 12.5 Å². The molecule has 0 atom stereocenters. The third-order valence-electron chi connectivity index (χ3n) is 4.39. The molecule has 4 heteroatoms. The van der Waals surface area contributed by atoms with Crippen LogP contribution in [0.4, 0.5) is 0 Å². The van der Waals surface area contributed by atoms with E-state index in [0.29, 0.717) is 18.4 Å². The molecule has 114 valence electrons. The number of carboxylic acid groups (broad SMARTS) is 1. The van der Waals surface area contributed by atoms with Gasteiger partial charge in [-0.3, -0.25) is 9.59 Å². The van der Waals surface area contributed by atoms with E-state index in [4.69, 9.17) is 0 Å². The van der Waals surface area contributed by atoms with Crippen molar-refractivity contribution in [1.82, 2.24) is 5.32 Å². The summed E-state index contributed by atoms with van der Waals surface area (Å²) in [6, 6.07) is 7.57. The summed E-state index contributed by atoms with van der Waals surface area (Å²) in [5.74, 6) is -0.992. The first kappa shape index (κ1) is 15.5. The lowest BCUT2D eigenvalue weighted by Crippen LogP contribution is -2.47. The molecule has 0 heterocycles. The van der Waals surface area contributed by atoms with Crippen LogP contribution in [0.3, 0.4) is 0 Å². The predicted molar refractivity (Wildman–Crippen MR) is 81.3 cm³/mol. The van der Waals surface area contributed by atoms with E-state index in [1.165, 1.54) is 5.56 Å². The number of carbonyl (C=O) groups excluding carboxylic acids is 1. The Balaban J connectivity index is 1.90. The number of carbonyl (C=O) groups is 2. The third kappa shape index (κ3) is 3.63. The fraction of sp³-hybridized carbons (Fsp3) is 0.529. The number of hydrogen-bond acceptors (Lipinski definition) is 2. The molecule has 1 aromatic carbocycles. The van der Waals surface area contributed by atoms with Gasteiger partial charge in [0.25, 0.3) is 5.91 Å². The Morgan fingerprint density at radius 3 is 2.38 bits per heavy atom. The highest BCUT2D eigenvalue weighted by atomic mass is 16.4. The number of carboxylic acids is 1. The lowest BCUT2D eigenvalue weighted by atomic mass is 9.69. The normalized spacial score (nSPS) is 16.0. The number of amides is 1. The minimum absolute atomic E-state index is 0.190. The van der Waals surface area contributed by atoms with E-state index in [9.17, 15) is 14.7 Å². The van der Waals surface area contributed by atoms with Crippen molar-refractivity contribution < 1.29 is 14.7 Å². The first-order valence-electron chi connectivity index (χ1n) is 7.68. The molecule has 1 aliphatic carbocycles. The zero-order chi connectivity index (χ0) is 15.3. The van der Waals surface area contributed by atoms with Crippen LogP contribution in [-0.2, 0) is 11.2 Å². The van der Waals surface area contributed by atoms with E-state index in [1.807, 2.05) is 24.3 Å². The summed E-state index contributed by atoms with van der Waals surface area (Å²) in [6.07, 6.45) is 5.55. The van der Waals surface area contributed by atoms with Crippen molar-refractivity contribution in [3.05, 3.63) is 35.4 Å². The van der Waals surface area contributed by atoms with E-state index >= 15 is 0 Å². The number of benzene rings is 1. The van der Waals surface area contributed by atoms with Crippen LogP contribution >= 0.6 is 0 Å². The number of aliphatic carboxylic acids is 1. The largest absolute Gasteiger partial charge is 0.481 e. The first-order chi connectivity index (χ1) is 10.1. The van der Waals surface area contributed by atoms with Crippen molar-refractivity contribution in [2.45, 2.75) is 45.4 Å². The molecule has 1 fully saturated rings. The second-order valence-electron chi connectivity index (χ2n) is 5.92. The van der Waals surface area contributed by atoms with Crippen molar-refractivity contribution in [3.63, 3.8) is 0 Å². The highest BCUT2D eigenvalue weighted by Gasteiger charge is 2.44. The van der Waals surface area contributed by atoms with Gasteiger partial charge in [-0.05, 0) is 43.4 Å². The van der Waals surface area contributed by atoms with Crippen LogP contribution in [0.25, 0.3) is 0 Å². The molecular formula is C17H23NO3. The Morgan fingerprint density at radius 1 is 1.24 bits per heavy atom. The lowest BCUT2D eigenvalue weighted by molar-refractivity contribution is -0.153. The van der Waals surface area contributed by atoms with Crippen LogP contribution in [0.1, 0.15) is 54.9 Å². The lowest BCUT2D eigenvalue weighted by Gasteiger charge is -2.37. The Hall–Kier alpha value is -1.84. The van der Waals surface area contributed by atoms with Gasteiger partial charge >= 0.3 is 5.97 Å². The minimum Gasteiger partial charge on any atom is -0.481 e. The van der Waals surface area contributed by atoms with Crippen LogP contribution in [0.5, 0.6) is 0 Å². The van der Waals surface area contributed by atoms with Gasteiger partial charge < -0.3 is 10.4 Å². The highest BCUT2D eigenvalue weighted by Crippen LogP contribution is 2.40. The summed E-state index contributed by atoms with van der Waals surface area (Å²) in [6.45, 7) is 2.37. The average molecular weight is 289 g/mol. The molecule has 2 N–H and O–H groups in total. The molecule has 1 aromatic rings. The summed E-state index contributed by atoms with van der Waals surface area (Å²) in [4.78, 5) is 23.3. The predicted octanol–water partition coefficient (Wildman–Crippen LogP) is 3.01. The van der Waals surface area contributed by atoms with Crippen LogP contribution < -0.4 is 5.32 Å². The molecule has 1 saturated carbocycles. The van der Waals surface area contributed by atoms with E-state index in [1.54, 1.807) is 0 Å². The van der Waals surface area contributed by atoms with Crippen molar-refractivity contribution in [3.8, 4) is 0 Å². The second-order valence-corrected chi connectivity index (χ2v) is 5.92. The molecule has 0 unspecified atom stereocenters. The van der Waals surface area contributed by atoms with Crippen LogP contribution in [0.15, 0.2) is 24.3 Å². The average Bonchev–Trinajstić information content (AvgIpc) is 2.44. The summed E-state index contributed by atoms with van der Waals surface area (Å²) in [7, 11) is 0. The Labute approximate surface area is 125 Å². The van der Waals surface area contributed by atoms with Gasteiger partial charge in [0.15, 0.2) is 0 Å². The molecule has 0 spiro atoms. The zero-order valence-electron chi connectivity index (χ0n) is 12.5. The molecule has 21 heavy (non-hydrogen) atoms. The molecule has 0 aromatic heterocycles. The van der Waals surface area contributed by atoms with Crippen molar-refractivity contribution in [2.24, 2.45) is 5.41 Å². The smallest absolute Gasteiger partial charge is 0.311 e. The zero-order valence-corrected chi connectivity index (χ0v) is 12.5. The van der Waals surface area contributed by atoms with Gasteiger partial charge in [0.2, 0.25) is 0 Å². The number of nitrogens with one attached hydrogen (secondary N) is 1. The van der Waals surface area contributed by atoms with Crippen molar-refractivity contribution in [2.75, 3.05) is 6.54 Å². The fourth-order valence-corrected chi connectivity index (χ4v) is 2.63. The molecule has 0 bridgehead atoms. The van der Waals surface area contributed by atoms with Gasteiger partial charge in [0, 0.05) is 12.1 Å². The quantitative estimate of drug-likeness (QED) is 0.811. The Morgan fingerprint density at radius 2 is 1.90 bits per heavy atom. The monoisotopic (exact) mass is 289 g/mol. The molecule has 1 amide bonds. The number of rotatable bonds is 7. The maximum absolute atomic E-state index is 12.1. The van der Waals surface area contributed by atoms with Gasteiger partial charge in [-0.1, -0.05) is 31.9 Å². The molecule has 0 saturated heterocycles. The second kappa shape index (κ2) is 6.74. The topological polar surface area (TPSA) is 66.4 Å².